The van der Waals surface area contributed by atoms with Crippen LogP contribution in [0.15, 0.2) is 12.1 Å². The molecule has 0 amide bonds. The smallest absolute Gasteiger partial charge is 0.309 e. The minimum Gasteiger partial charge on any atom is -0.481 e. The molecule has 16 heavy (non-hydrogen) atoms. The fourth-order valence-electron chi connectivity index (χ4n) is 1.73. The fraction of sp³-hybridized carbons (Fsp3) is 0.364. The lowest BCUT2D eigenvalue weighted by Crippen LogP contribution is -2.18. The minimum atomic E-state index is -0.898. The van der Waals surface area contributed by atoms with Crippen molar-refractivity contribution in [1.29, 1.82) is 0 Å². The molecule has 0 spiro atoms. The molecule has 2 rings (SSSR count). The van der Waals surface area contributed by atoms with Crippen LogP contribution in [0.1, 0.15) is 18.4 Å². The highest BCUT2D eigenvalue weighted by Crippen LogP contribution is 2.49. The van der Waals surface area contributed by atoms with Crippen LogP contribution in [0.3, 0.4) is 0 Å². The molecule has 1 fully saturated rings. The third-order valence-corrected chi connectivity index (χ3v) is 3.39. The van der Waals surface area contributed by atoms with Crippen molar-refractivity contribution in [2.45, 2.75) is 19.3 Å². The zero-order valence-electron chi connectivity index (χ0n) is 8.46. The summed E-state index contributed by atoms with van der Waals surface area (Å²) in [7, 11) is 0. The fourth-order valence-corrected chi connectivity index (χ4v) is 1.95. The number of nitrogen functional groups attached to an aromatic ring is 1. The summed E-state index contributed by atoms with van der Waals surface area (Å²) in [6, 6.07) is 2.87. The summed E-state index contributed by atoms with van der Waals surface area (Å²) in [5, 5.41) is 9.25. The maximum Gasteiger partial charge on any atom is 0.309 e. The first-order valence-electron chi connectivity index (χ1n) is 4.92. The number of nitrogens with two attached hydrogens (primary N) is 1. The van der Waals surface area contributed by atoms with Crippen LogP contribution in [-0.2, 0) is 11.2 Å². The number of rotatable bonds is 3. The molecule has 0 saturated heterocycles. The van der Waals surface area contributed by atoms with Crippen molar-refractivity contribution < 1.29 is 14.3 Å². The molecule has 3 nitrogen and oxygen atoms in total. The van der Waals surface area contributed by atoms with Gasteiger partial charge in [-0.2, -0.15) is 0 Å². The Morgan fingerprint density at radius 3 is 2.69 bits per heavy atom. The van der Waals surface area contributed by atoms with E-state index in [0.29, 0.717) is 12.8 Å². The van der Waals surface area contributed by atoms with Crippen LogP contribution in [-0.4, -0.2) is 11.1 Å². The Balaban J connectivity index is 2.35. The normalized spacial score (nSPS) is 17.1. The van der Waals surface area contributed by atoms with Gasteiger partial charge in [-0.05, 0) is 31.4 Å². The molecule has 0 radical (unpaired) electrons. The maximum absolute atomic E-state index is 13.7. The van der Waals surface area contributed by atoms with Gasteiger partial charge in [0.05, 0.1) is 11.1 Å². The third-order valence-electron chi connectivity index (χ3n) is 3.04. The van der Waals surface area contributed by atoms with Crippen LogP contribution in [0.4, 0.5) is 10.1 Å². The molecular formula is C11H11ClFNO2. The van der Waals surface area contributed by atoms with E-state index in [0.717, 1.165) is 0 Å². The van der Waals surface area contributed by atoms with Crippen LogP contribution in [0.2, 0.25) is 5.02 Å². The molecule has 1 aromatic carbocycles. The predicted molar refractivity (Wildman–Crippen MR) is 58.8 cm³/mol. The minimum absolute atomic E-state index is 0.000545. The van der Waals surface area contributed by atoms with Gasteiger partial charge in [-0.25, -0.2) is 4.39 Å². The Bertz CT molecular complexity index is 458. The van der Waals surface area contributed by atoms with Gasteiger partial charge in [0.2, 0.25) is 0 Å². The summed E-state index contributed by atoms with van der Waals surface area (Å²) in [6.07, 6.45) is 1.23. The summed E-state index contributed by atoms with van der Waals surface area (Å²) in [5.41, 5.74) is 4.80. The van der Waals surface area contributed by atoms with E-state index in [9.17, 15) is 9.18 Å². The molecule has 1 aliphatic carbocycles. The summed E-state index contributed by atoms with van der Waals surface area (Å²) in [6.45, 7) is 0. The Hall–Kier alpha value is -1.29. The second-order valence-corrected chi connectivity index (χ2v) is 4.60. The van der Waals surface area contributed by atoms with Crippen molar-refractivity contribution >= 4 is 23.3 Å². The topological polar surface area (TPSA) is 63.3 Å². The van der Waals surface area contributed by atoms with Crippen molar-refractivity contribution in [3.63, 3.8) is 0 Å². The van der Waals surface area contributed by atoms with E-state index >= 15 is 0 Å². The highest BCUT2D eigenvalue weighted by Gasteiger charge is 2.50. The summed E-state index contributed by atoms with van der Waals surface area (Å²) in [5.74, 6) is -1.49. The van der Waals surface area contributed by atoms with Crippen LogP contribution < -0.4 is 5.73 Å². The Morgan fingerprint density at radius 1 is 1.56 bits per heavy atom. The van der Waals surface area contributed by atoms with E-state index in [2.05, 4.69) is 0 Å². The van der Waals surface area contributed by atoms with Crippen molar-refractivity contribution in [3.05, 3.63) is 28.5 Å². The van der Waals surface area contributed by atoms with Crippen molar-refractivity contribution in [2.75, 3.05) is 5.73 Å². The average Bonchev–Trinajstić information content (AvgIpc) is 3.00. The number of aliphatic carboxylic acids is 1. The Kier molecular flexibility index (Phi) is 2.54. The number of carboxylic acids is 1. The van der Waals surface area contributed by atoms with E-state index < -0.39 is 17.2 Å². The van der Waals surface area contributed by atoms with E-state index in [4.69, 9.17) is 22.4 Å². The summed E-state index contributed by atoms with van der Waals surface area (Å²) in [4.78, 5) is 11.0. The number of hydrogen-bond acceptors (Lipinski definition) is 2. The molecule has 0 aliphatic heterocycles. The molecule has 0 aromatic heterocycles. The highest BCUT2D eigenvalue weighted by molar-refractivity contribution is 6.31. The first-order chi connectivity index (χ1) is 7.46. The number of carboxylic acid groups (broad SMARTS) is 1. The molecule has 3 N–H and O–H groups in total. The number of carbonyl (C=O) groups is 1. The maximum atomic E-state index is 13.7. The molecule has 1 saturated carbocycles. The van der Waals surface area contributed by atoms with Gasteiger partial charge < -0.3 is 10.8 Å². The lowest BCUT2D eigenvalue weighted by atomic mass is 9.96. The van der Waals surface area contributed by atoms with Gasteiger partial charge in [-0.1, -0.05) is 11.6 Å². The first-order valence-corrected chi connectivity index (χ1v) is 5.30. The van der Waals surface area contributed by atoms with E-state index in [1.165, 1.54) is 12.1 Å². The van der Waals surface area contributed by atoms with Crippen molar-refractivity contribution in [3.8, 4) is 0 Å². The largest absolute Gasteiger partial charge is 0.481 e. The molecular weight excluding hydrogens is 233 g/mol. The monoisotopic (exact) mass is 243 g/mol. The lowest BCUT2D eigenvalue weighted by molar-refractivity contribution is -0.143. The van der Waals surface area contributed by atoms with Crippen LogP contribution in [0.5, 0.6) is 0 Å². The molecule has 0 atom stereocenters. The van der Waals surface area contributed by atoms with Gasteiger partial charge >= 0.3 is 5.97 Å². The molecule has 0 heterocycles. The van der Waals surface area contributed by atoms with Crippen LogP contribution in [0.25, 0.3) is 0 Å². The zero-order valence-corrected chi connectivity index (χ0v) is 9.22. The zero-order chi connectivity index (χ0) is 11.9. The van der Waals surface area contributed by atoms with Gasteiger partial charge in [0.1, 0.15) is 0 Å². The van der Waals surface area contributed by atoms with Crippen molar-refractivity contribution in [1.82, 2.24) is 0 Å². The second kappa shape index (κ2) is 3.63. The predicted octanol–water partition coefficient (Wildman–Crippen LogP) is 2.47. The van der Waals surface area contributed by atoms with Gasteiger partial charge in [0.15, 0.2) is 5.82 Å². The molecule has 1 aliphatic rings. The first kappa shape index (κ1) is 11.2. The summed E-state index contributed by atoms with van der Waals surface area (Å²) >= 11 is 5.85. The number of anilines is 1. The molecule has 5 heteroatoms. The number of hydrogen-bond donors (Lipinski definition) is 2. The number of benzene rings is 1. The Labute approximate surface area is 97.0 Å². The second-order valence-electron chi connectivity index (χ2n) is 4.19. The molecule has 0 bridgehead atoms. The summed E-state index contributed by atoms with van der Waals surface area (Å²) < 4.78 is 13.7. The average molecular weight is 244 g/mol. The van der Waals surface area contributed by atoms with Crippen LogP contribution in [0, 0.1) is 11.2 Å². The Morgan fingerprint density at radius 2 is 2.19 bits per heavy atom. The molecule has 86 valence electrons. The highest BCUT2D eigenvalue weighted by atomic mass is 35.5. The van der Waals surface area contributed by atoms with Gasteiger partial charge in [0, 0.05) is 10.6 Å². The standard InChI is InChI=1S/C11H11ClFNO2/c12-7-1-2-8(14)9(13)6(7)5-11(3-4-11)10(15)16/h1-2H,3-5,14H2,(H,15,16). The molecule has 0 unspecified atom stereocenters. The molecule has 1 aromatic rings. The van der Waals surface area contributed by atoms with Crippen molar-refractivity contribution in [2.24, 2.45) is 5.41 Å². The van der Waals surface area contributed by atoms with Gasteiger partial charge in [0.25, 0.3) is 0 Å². The van der Waals surface area contributed by atoms with E-state index in [1.807, 2.05) is 0 Å². The third kappa shape index (κ3) is 1.73. The van der Waals surface area contributed by atoms with E-state index in [-0.39, 0.29) is 22.7 Å². The van der Waals surface area contributed by atoms with Gasteiger partial charge in [-0.3, -0.25) is 4.79 Å². The number of halogens is 2. The lowest BCUT2D eigenvalue weighted by Gasteiger charge is -2.12. The van der Waals surface area contributed by atoms with E-state index in [1.54, 1.807) is 0 Å². The van der Waals surface area contributed by atoms with Crippen LogP contribution >= 0.6 is 11.6 Å². The van der Waals surface area contributed by atoms with Gasteiger partial charge in [-0.15, -0.1) is 0 Å². The quantitative estimate of drug-likeness (QED) is 0.802. The SMILES string of the molecule is Nc1ccc(Cl)c(CC2(C(=O)O)CC2)c1F.